The molecule has 6 nitrogen and oxygen atoms in total. The Morgan fingerprint density at radius 3 is 2.44 bits per heavy atom. The van der Waals surface area contributed by atoms with Crippen molar-refractivity contribution in [1.29, 1.82) is 0 Å². The Kier molecular flexibility index (Phi) is 5.31. The molecule has 1 aliphatic heterocycles. The van der Waals surface area contributed by atoms with Crippen LogP contribution in [0.1, 0.15) is 21.9 Å². The van der Waals surface area contributed by atoms with Gasteiger partial charge in [-0.15, -0.1) is 0 Å². The number of carbonyl (C=O) groups excluding carboxylic acids is 1. The first-order chi connectivity index (χ1) is 12.7. The van der Waals surface area contributed by atoms with Crippen LogP contribution in [0.25, 0.3) is 0 Å². The Morgan fingerprint density at radius 1 is 1.11 bits per heavy atom. The van der Waals surface area contributed by atoms with Crippen molar-refractivity contribution < 1.29 is 18.0 Å². The van der Waals surface area contributed by atoms with Crippen molar-refractivity contribution in [3.63, 3.8) is 0 Å². The average Bonchev–Trinajstić information content (AvgIpc) is 2.61. The minimum absolute atomic E-state index is 0.0356. The van der Waals surface area contributed by atoms with E-state index in [4.69, 9.17) is 0 Å². The monoisotopic (exact) mass is 379 g/mol. The van der Waals surface area contributed by atoms with Gasteiger partial charge in [0.15, 0.2) is 0 Å². The number of para-hydroxylation sites is 1. The molecule has 1 fully saturated rings. The maximum atomic E-state index is 13.1. The zero-order chi connectivity index (χ0) is 19.6. The number of benzene rings is 1. The predicted octanol–water partition coefficient (Wildman–Crippen LogP) is 2.81. The molecule has 1 aliphatic rings. The van der Waals surface area contributed by atoms with E-state index in [1.54, 1.807) is 6.92 Å². The first kappa shape index (κ1) is 19.1. The molecule has 27 heavy (non-hydrogen) atoms. The quantitative estimate of drug-likeness (QED) is 0.889. The molecule has 144 valence electrons. The molecule has 2 heterocycles. The largest absolute Gasteiger partial charge is 0.418 e. The molecular weight excluding hydrogens is 359 g/mol. The van der Waals surface area contributed by atoms with Crippen LogP contribution in [0.2, 0.25) is 0 Å². The van der Waals surface area contributed by atoms with Crippen LogP contribution in [0.4, 0.5) is 24.7 Å². The van der Waals surface area contributed by atoms with Crippen molar-refractivity contribution in [2.45, 2.75) is 13.1 Å². The molecule has 1 saturated heterocycles. The van der Waals surface area contributed by atoms with Crippen LogP contribution < -0.4 is 10.2 Å². The van der Waals surface area contributed by atoms with Crippen LogP contribution in [-0.4, -0.2) is 54.0 Å². The number of hydrogen-bond donors (Lipinski definition) is 1. The molecule has 1 aromatic heterocycles. The number of piperazine rings is 1. The second kappa shape index (κ2) is 7.51. The Labute approximate surface area is 155 Å². The first-order valence-electron chi connectivity index (χ1n) is 8.51. The molecule has 1 N–H and O–H groups in total. The number of alkyl halides is 3. The Balaban J connectivity index is 1.84. The molecule has 1 amide bonds. The number of rotatable bonds is 3. The summed E-state index contributed by atoms with van der Waals surface area (Å²) in [7, 11) is 2.03. The van der Waals surface area contributed by atoms with E-state index in [0.717, 1.165) is 32.2 Å². The van der Waals surface area contributed by atoms with E-state index < -0.39 is 17.6 Å². The number of halogens is 3. The van der Waals surface area contributed by atoms with Gasteiger partial charge in [0.25, 0.3) is 5.91 Å². The van der Waals surface area contributed by atoms with Crippen molar-refractivity contribution in [2.24, 2.45) is 0 Å². The molecule has 0 radical (unpaired) electrons. The van der Waals surface area contributed by atoms with Gasteiger partial charge in [0.2, 0.25) is 0 Å². The molecular formula is C18H20F3N5O. The highest BCUT2D eigenvalue weighted by Crippen LogP contribution is 2.34. The number of aromatic nitrogens is 2. The molecule has 1 aromatic carbocycles. The van der Waals surface area contributed by atoms with Crippen molar-refractivity contribution in [3.05, 3.63) is 47.4 Å². The van der Waals surface area contributed by atoms with Gasteiger partial charge < -0.3 is 15.1 Å². The Bertz CT molecular complexity index is 832. The molecule has 0 aliphatic carbocycles. The summed E-state index contributed by atoms with van der Waals surface area (Å²) in [4.78, 5) is 25.2. The molecule has 9 heteroatoms. The van der Waals surface area contributed by atoms with Crippen molar-refractivity contribution in [2.75, 3.05) is 43.4 Å². The Hall–Kier alpha value is -2.68. The lowest BCUT2D eigenvalue weighted by molar-refractivity contribution is -0.136. The summed E-state index contributed by atoms with van der Waals surface area (Å²) in [5.41, 5.74) is -1.16. The van der Waals surface area contributed by atoms with Crippen LogP contribution in [0.3, 0.4) is 0 Å². The van der Waals surface area contributed by atoms with E-state index >= 15 is 0 Å². The zero-order valence-corrected chi connectivity index (χ0v) is 15.0. The predicted molar refractivity (Wildman–Crippen MR) is 95.9 cm³/mol. The summed E-state index contributed by atoms with van der Waals surface area (Å²) in [5.74, 6) is 0.290. The molecule has 3 rings (SSSR count). The summed E-state index contributed by atoms with van der Waals surface area (Å²) in [6.07, 6.45) is -4.56. The van der Waals surface area contributed by atoms with Crippen LogP contribution in [0.15, 0.2) is 30.3 Å². The van der Waals surface area contributed by atoms with Gasteiger partial charge in [-0.25, -0.2) is 9.97 Å². The second-order valence-corrected chi connectivity index (χ2v) is 6.45. The molecule has 0 saturated carbocycles. The lowest BCUT2D eigenvalue weighted by Gasteiger charge is -2.33. The first-order valence-corrected chi connectivity index (χ1v) is 8.51. The molecule has 2 aromatic rings. The second-order valence-electron chi connectivity index (χ2n) is 6.45. The highest BCUT2D eigenvalue weighted by atomic mass is 19.4. The Morgan fingerprint density at radius 2 is 1.78 bits per heavy atom. The standard InChI is InChI=1S/C18H20F3N5O/c1-12-22-15(11-16(23-12)26-9-7-25(2)8-10-26)17(27)24-14-6-4-3-5-13(14)18(19,20)21/h3-6,11H,7-10H2,1-2H3,(H,24,27). The van der Waals surface area contributed by atoms with E-state index in [0.29, 0.717) is 11.6 Å². The van der Waals surface area contributed by atoms with Crippen molar-refractivity contribution >= 4 is 17.4 Å². The van der Waals surface area contributed by atoms with E-state index in [1.165, 1.54) is 24.3 Å². The third-order valence-electron chi connectivity index (χ3n) is 4.37. The smallest absolute Gasteiger partial charge is 0.354 e. The minimum atomic E-state index is -4.56. The fourth-order valence-electron chi connectivity index (χ4n) is 2.89. The van der Waals surface area contributed by atoms with Crippen molar-refractivity contribution in [1.82, 2.24) is 14.9 Å². The van der Waals surface area contributed by atoms with Gasteiger partial charge in [-0.2, -0.15) is 13.2 Å². The van der Waals surface area contributed by atoms with Gasteiger partial charge in [-0.3, -0.25) is 4.79 Å². The van der Waals surface area contributed by atoms with Gasteiger partial charge >= 0.3 is 6.18 Å². The summed E-state index contributed by atoms with van der Waals surface area (Å²) in [6.45, 7) is 4.89. The maximum absolute atomic E-state index is 13.1. The number of aryl methyl sites for hydroxylation is 1. The van der Waals surface area contributed by atoms with Crippen LogP contribution in [0, 0.1) is 6.92 Å². The van der Waals surface area contributed by atoms with Crippen molar-refractivity contribution in [3.8, 4) is 0 Å². The number of carbonyl (C=O) groups is 1. The lowest BCUT2D eigenvalue weighted by atomic mass is 10.1. The molecule has 0 unspecified atom stereocenters. The van der Waals surface area contributed by atoms with E-state index in [1.807, 2.05) is 11.9 Å². The molecule has 0 bridgehead atoms. The van der Waals surface area contributed by atoms with E-state index in [9.17, 15) is 18.0 Å². The summed E-state index contributed by atoms with van der Waals surface area (Å²) in [5, 5.41) is 2.32. The molecule has 0 atom stereocenters. The highest BCUT2D eigenvalue weighted by Gasteiger charge is 2.33. The number of anilines is 2. The lowest BCUT2D eigenvalue weighted by Crippen LogP contribution is -2.45. The minimum Gasteiger partial charge on any atom is -0.354 e. The number of amides is 1. The fraction of sp³-hybridized carbons (Fsp3) is 0.389. The van der Waals surface area contributed by atoms with Gasteiger partial charge in [-0.05, 0) is 26.1 Å². The van der Waals surface area contributed by atoms with Gasteiger partial charge in [0.05, 0.1) is 11.3 Å². The van der Waals surface area contributed by atoms with Gasteiger partial charge in [0, 0.05) is 32.2 Å². The number of hydrogen-bond acceptors (Lipinski definition) is 5. The average molecular weight is 379 g/mol. The topological polar surface area (TPSA) is 61.4 Å². The van der Waals surface area contributed by atoms with E-state index in [-0.39, 0.29) is 11.4 Å². The third-order valence-corrected chi connectivity index (χ3v) is 4.37. The number of nitrogens with one attached hydrogen (secondary N) is 1. The zero-order valence-electron chi connectivity index (χ0n) is 15.0. The summed E-state index contributed by atoms with van der Waals surface area (Å²) < 4.78 is 39.3. The third kappa shape index (κ3) is 4.54. The maximum Gasteiger partial charge on any atom is 0.418 e. The van der Waals surface area contributed by atoms with Gasteiger partial charge in [0.1, 0.15) is 17.3 Å². The highest BCUT2D eigenvalue weighted by molar-refractivity contribution is 6.03. The summed E-state index contributed by atoms with van der Waals surface area (Å²) in [6, 6.07) is 6.38. The SMILES string of the molecule is Cc1nc(C(=O)Nc2ccccc2C(F)(F)F)cc(N2CCN(C)CC2)n1. The fourth-order valence-corrected chi connectivity index (χ4v) is 2.89. The number of likely N-dealkylation sites (N-methyl/N-ethyl adjacent to an activating group) is 1. The number of nitrogens with zero attached hydrogens (tertiary/aromatic N) is 4. The van der Waals surface area contributed by atoms with E-state index in [2.05, 4.69) is 20.2 Å². The normalized spacial score (nSPS) is 15.7. The van der Waals surface area contributed by atoms with Crippen LogP contribution in [0.5, 0.6) is 0 Å². The van der Waals surface area contributed by atoms with Crippen LogP contribution in [-0.2, 0) is 6.18 Å². The molecule has 0 spiro atoms. The van der Waals surface area contributed by atoms with Crippen LogP contribution >= 0.6 is 0 Å². The summed E-state index contributed by atoms with van der Waals surface area (Å²) >= 11 is 0. The van der Waals surface area contributed by atoms with Gasteiger partial charge in [-0.1, -0.05) is 12.1 Å².